The average molecular weight is 737 g/mol. The van der Waals surface area contributed by atoms with Gasteiger partial charge >= 0.3 is 23.9 Å². The first-order valence-electron chi connectivity index (χ1n) is 17.6. The molecule has 0 aromatic heterocycles. The van der Waals surface area contributed by atoms with Gasteiger partial charge in [0, 0.05) is 35.7 Å². The van der Waals surface area contributed by atoms with Gasteiger partial charge in [-0.3, -0.25) is 19.6 Å². The zero-order valence-corrected chi connectivity index (χ0v) is 30.9. The van der Waals surface area contributed by atoms with E-state index in [1.807, 2.05) is 13.8 Å². The summed E-state index contributed by atoms with van der Waals surface area (Å²) in [5.41, 5.74) is 3.40. The molecular weight excluding hydrogens is 692 g/mol. The molecule has 0 aliphatic carbocycles. The Hall–Kier alpha value is -6.30. The highest BCUT2D eigenvalue weighted by atomic mass is 16.5. The second-order valence-electron chi connectivity index (χ2n) is 11.8. The van der Waals surface area contributed by atoms with E-state index in [-0.39, 0.29) is 36.3 Å². The molecule has 0 heterocycles. The Balaban J connectivity index is 1.26. The molecule has 0 amide bonds. The smallest absolute Gasteiger partial charge is 0.338 e. The Bertz CT molecular complexity index is 1790. The summed E-state index contributed by atoms with van der Waals surface area (Å²) >= 11 is 0. The van der Waals surface area contributed by atoms with Gasteiger partial charge in [-0.05, 0) is 85.6 Å². The molecule has 0 unspecified atom stereocenters. The molecule has 0 aliphatic heterocycles. The summed E-state index contributed by atoms with van der Waals surface area (Å²) in [6.45, 7) is 4.82. The summed E-state index contributed by atoms with van der Waals surface area (Å²) in [5.74, 6) is -0.711. The first kappa shape index (κ1) is 40.5. The maximum atomic E-state index is 12.6. The second-order valence-corrected chi connectivity index (χ2v) is 11.8. The first-order chi connectivity index (χ1) is 26.2. The van der Waals surface area contributed by atoms with E-state index in [1.54, 1.807) is 97.4 Å². The van der Waals surface area contributed by atoms with Gasteiger partial charge in [0.25, 0.3) is 0 Å². The maximum absolute atomic E-state index is 12.6. The third kappa shape index (κ3) is 12.7. The van der Waals surface area contributed by atoms with E-state index < -0.39 is 11.9 Å². The molecule has 4 aromatic rings. The van der Waals surface area contributed by atoms with Crippen molar-refractivity contribution in [3.63, 3.8) is 0 Å². The fourth-order valence-electron chi connectivity index (χ4n) is 4.73. The van der Waals surface area contributed by atoms with Crippen molar-refractivity contribution >= 4 is 47.7 Å². The summed E-state index contributed by atoms with van der Waals surface area (Å²) in [6.07, 6.45) is 6.27. The van der Waals surface area contributed by atoms with Crippen molar-refractivity contribution in [3.8, 4) is 23.0 Å². The fourth-order valence-corrected chi connectivity index (χ4v) is 4.73. The largest absolute Gasteiger partial charge is 0.496 e. The normalized spacial score (nSPS) is 11.0. The van der Waals surface area contributed by atoms with Gasteiger partial charge < -0.3 is 28.4 Å². The fraction of sp³-hybridized carbons (Fsp3) is 0.286. The number of esters is 4. The number of benzene rings is 4. The van der Waals surface area contributed by atoms with E-state index in [0.717, 1.165) is 25.7 Å². The van der Waals surface area contributed by atoms with E-state index in [9.17, 15) is 19.2 Å². The lowest BCUT2D eigenvalue weighted by Gasteiger charge is -2.10. The van der Waals surface area contributed by atoms with Crippen molar-refractivity contribution in [2.75, 3.05) is 27.4 Å². The number of carbonyl (C=O) groups excluding carboxylic acids is 4. The summed E-state index contributed by atoms with van der Waals surface area (Å²) < 4.78 is 32.2. The topological polar surface area (TPSA) is 148 Å². The molecular formula is C42H44N2O10. The van der Waals surface area contributed by atoms with E-state index in [1.165, 1.54) is 14.2 Å². The maximum Gasteiger partial charge on any atom is 0.338 e. The second kappa shape index (κ2) is 21.3. The van der Waals surface area contributed by atoms with Crippen molar-refractivity contribution < 1.29 is 47.6 Å². The standard InChI is InChI=1S/C42H44N2O10/c1-5-7-23-51-41(47)29-9-15-33(16-10-29)43-27-31-13-19-35(25-37(31)49-3)53-39(45)21-22-40(46)54-36-20-14-32(38(26-36)50-4)28-44-34-17-11-30(12-18-34)42(48)52-24-8-6-2/h9-20,25-28H,5-8,21-24H2,1-4H3. The quantitative estimate of drug-likeness (QED) is 0.0398. The minimum absolute atomic E-state index is 0.219. The van der Waals surface area contributed by atoms with Gasteiger partial charge in [0.05, 0.1) is 62.8 Å². The van der Waals surface area contributed by atoms with Crippen molar-refractivity contribution in [3.05, 3.63) is 107 Å². The molecule has 282 valence electrons. The number of carbonyl (C=O) groups is 4. The number of hydrogen-bond donors (Lipinski definition) is 0. The zero-order chi connectivity index (χ0) is 38.7. The summed E-state index contributed by atoms with van der Waals surface area (Å²) in [6, 6.07) is 23.1. The summed E-state index contributed by atoms with van der Waals surface area (Å²) in [7, 11) is 2.96. The van der Waals surface area contributed by atoms with Crippen LogP contribution in [0.1, 0.15) is 84.2 Å². The Kier molecular flexibility index (Phi) is 15.9. The number of rotatable bonds is 19. The van der Waals surface area contributed by atoms with Crippen LogP contribution in [0.15, 0.2) is 94.9 Å². The van der Waals surface area contributed by atoms with Gasteiger partial charge in [-0.15, -0.1) is 0 Å². The van der Waals surface area contributed by atoms with Crippen LogP contribution in [0, 0.1) is 0 Å². The van der Waals surface area contributed by atoms with Crippen LogP contribution in [0.2, 0.25) is 0 Å². The van der Waals surface area contributed by atoms with Crippen LogP contribution in [-0.4, -0.2) is 63.7 Å². The Morgan fingerprint density at radius 2 is 0.944 bits per heavy atom. The lowest BCUT2D eigenvalue weighted by Crippen LogP contribution is -2.14. The van der Waals surface area contributed by atoms with Gasteiger partial charge in [0.1, 0.15) is 23.0 Å². The number of ether oxygens (including phenoxy) is 6. The molecule has 54 heavy (non-hydrogen) atoms. The zero-order valence-electron chi connectivity index (χ0n) is 30.9. The Labute approximate surface area is 314 Å². The van der Waals surface area contributed by atoms with Gasteiger partial charge in [-0.2, -0.15) is 0 Å². The molecule has 4 rings (SSSR count). The molecule has 12 heteroatoms. The highest BCUT2D eigenvalue weighted by molar-refractivity contribution is 5.91. The van der Waals surface area contributed by atoms with Crippen molar-refractivity contribution in [1.29, 1.82) is 0 Å². The predicted molar refractivity (Wildman–Crippen MR) is 204 cm³/mol. The van der Waals surface area contributed by atoms with E-state index >= 15 is 0 Å². The van der Waals surface area contributed by atoms with Gasteiger partial charge in [-0.25, -0.2) is 9.59 Å². The van der Waals surface area contributed by atoms with E-state index in [2.05, 4.69) is 9.98 Å². The van der Waals surface area contributed by atoms with Crippen LogP contribution >= 0.6 is 0 Å². The average Bonchev–Trinajstić information content (AvgIpc) is 3.19. The lowest BCUT2D eigenvalue weighted by molar-refractivity contribution is -0.140. The molecule has 0 spiro atoms. The molecule has 0 bridgehead atoms. The van der Waals surface area contributed by atoms with Gasteiger partial charge in [-0.1, -0.05) is 26.7 Å². The van der Waals surface area contributed by atoms with Crippen molar-refractivity contribution in [2.45, 2.75) is 52.4 Å². The molecule has 0 fully saturated rings. The third-order valence-corrected chi connectivity index (χ3v) is 7.78. The lowest BCUT2D eigenvalue weighted by atomic mass is 10.2. The van der Waals surface area contributed by atoms with Crippen LogP contribution in [0.3, 0.4) is 0 Å². The van der Waals surface area contributed by atoms with Gasteiger partial charge in [0.2, 0.25) is 0 Å². The highest BCUT2D eigenvalue weighted by Crippen LogP contribution is 2.27. The number of hydrogen-bond acceptors (Lipinski definition) is 12. The Morgan fingerprint density at radius 3 is 1.30 bits per heavy atom. The van der Waals surface area contributed by atoms with E-state index in [0.29, 0.717) is 58.3 Å². The van der Waals surface area contributed by atoms with Crippen LogP contribution in [0.5, 0.6) is 23.0 Å². The highest BCUT2D eigenvalue weighted by Gasteiger charge is 2.14. The van der Waals surface area contributed by atoms with Crippen LogP contribution in [0.25, 0.3) is 0 Å². The summed E-state index contributed by atoms with van der Waals surface area (Å²) in [4.78, 5) is 58.3. The first-order valence-corrected chi connectivity index (χ1v) is 17.6. The van der Waals surface area contributed by atoms with Crippen LogP contribution in [0.4, 0.5) is 11.4 Å². The number of unbranched alkanes of at least 4 members (excludes halogenated alkanes) is 2. The molecule has 0 radical (unpaired) electrons. The molecule has 0 N–H and O–H groups in total. The number of methoxy groups -OCH3 is 2. The predicted octanol–water partition coefficient (Wildman–Crippen LogP) is 8.41. The molecule has 0 aliphatic rings. The van der Waals surface area contributed by atoms with Crippen LogP contribution < -0.4 is 18.9 Å². The number of nitrogens with zero attached hydrogens (tertiary/aromatic N) is 2. The molecule has 0 atom stereocenters. The van der Waals surface area contributed by atoms with Crippen LogP contribution in [-0.2, 0) is 19.1 Å². The monoisotopic (exact) mass is 736 g/mol. The summed E-state index contributed by atoms with van der Waals surface area (Å²) in [5, 5.41) is 0. The third-order valence-electron chi connectivity index (χ3n) is 7.78. The molecule has 12 nitrogen and oxygen atoms in total. The molecule has 4 aromatic carbocycles. The SMILES string of the molecule is CCCCOC(=O)c1ccc(N=Cc2ccc(OC(=O)CCC(=O)Oc3ccc(C=Nc4ccc(C(=O)OCCCC)cc4)c(OC)c3)cc2OC)cc1. The minimum atomic E-state index is -0.630. The number of aliphatic imine (C=N–C) groups is 2. The van der Waals surface area contributed by atoms with E-state index in [4.69, 9.17) is 28.4 Å². The Morgan fingerprint density at radius 1 is 0.556 bits per heavy atom. The van der Waals surface area contributed by atoms with Crippen molar-refractivity contribution in [2.24, 2.45) is 9.98 Å². The minimum Gasteiger partial charge on any atom is -0.496 e. The molecule has 0 saturated heterocycles. The molecule has 0 saturated carbocycles. The van der Waals surface area contributed by atoms with Crippen molar-refractivity contribution in [1.82, 2.24) is 0 Å². The van der Waals surface area contributed by atoms with Gasteiger partial charge in [0.15, 0.2) is 0 Å².